The van der Waals surface area contributed by atoms with Crippen molar-refractivity contribution in [3.63, 3.8) is 0 Å². The highest BCUT2D eigenvalue weighted by atomic mass is 32.1. The molecule has 0 fully saturated rings. The number of nitrogens with zero attached hydrogens (tertiary/aromatic N) is 2. The van der Waals surface area contributed by atoms with E-state index < -0.39 is 0 Å². The van der Waals surface area contributed by atoms with Crippen molar-refractivity contribution in [2.45, 2.75) is 25.7 Å². The Morgan fingerprint density at radius 1 is 1.07 bits per heavy atom. The number of methoxy groups -OCH3 is 1. The van der Waals surface area contributed by atoms with Crippen molar-refractivity contribution in [2.24, 2.45) is 0 Å². The number of carbonyl (C=O) groups excluding carboxylic acids is 2. The molecular weight excluding hydrogens is 380 g/mol. The number of benzene rings is 1. The van der Waals surface area contributed by atoms with E-state index in [4.69, 9.17) is 4.74 Å². The number of amides is 2. The lowest BCUT2D eigenvalue weighted by Gasteiger charge is -2.15. The topological polar surface area (TPSA) is 59.5 Å². The summed E-state index contributed by atoms with van der Waals surface area (Å²) in [6.45, 7) is 0. The summed E-state index contributed by atoms with van der Waals surface area (Å²) in [5.41, 5.74) is 2.86. The Labute approximate surface area is 164 Å². The summed E-state index contributed by atoms with van der Waals surface area (Å²) >= 11 is 2.97. The molecule has 0 saturated heterocycles. The smallest absolute Gasteiger partial charge is 0.261 e. The second kappa shape index (κ2) is 6.28. The molecule has 0 N–H and O–H groups in total. The SMILES string of the molecule is COc1ccsc1-c1nsc2ccc(N3C(=O)C4=C(CCCC4)C3=O)cc12. The molecule has 1 aliphatic carbocycles. The minimum absolute atomic E-state index is 0.160. The highest BCUT2D eigenvalue weighted by molar-refractivity contribution is 7.16. The maximum Gasteiger partial charge on any atom is 0.261 e. The van der Waals surface area contributed by atoms with Gasteiger partial charge in [-0.1, -0.05) is 0 Å². The Kier molecular flexibility index (Phi) is 3.87. The molecule has 2 aromatic heterocycles. The standard InChI is InChI=1S/C20H16N2O3S2/c1-25-15-8-9-26-18(15)17-14-10-11(6-7-16(14)27-21-17)22-19(23)12-4-2-3-5-13(12)20(22)24/h6-10H,2-5H2,1H3. The number of carbonyl (C=O) groups is 2. The van der Waals surface area contributed by atoms with Gasteiger partial charge in [0.25, 0.3) is 11.8 Å². The van der Waals surface area contributed by atoms with Gasteiger partial charge in [-0.05, 0) is 66.9 Å². The van der Waals surface area contributed by atoms with E-state index in [2.05, 4.69) is 4.37 Å². The summed E-state index contributed by atoms with van der Waals surface area (Å²) in [4.78, 5) is 28.0. The van der Waals surface area contributed by atoms with Crippen LogP contribution in [0.15, 0.2) is 40.8 Å². The van der Waals surface area contributed by atoms with Crippen molar-refractivity contribution in [2.75, 3.05) is 12.0 Å². The number of thiophene rings is 1. The van der Waals surface area contributed by atoms with Crippen LogP contribution in [0.3, 0.4) is 0 Å². The van der Waals surface area contributed by atoms with E-state index in [0.29, 0.717) is 29.7 Å². The number of imide groups is 1. The monoisotopic (exact) mass is 396 g/mol. The third-order valence-corrected chi connectivity index (χ3v) is 6.90. The van der Waals surface area contributed by atoms with Gasteiger partial charge in [-0.3, -0.25) is 9.59 Å². The molecule has 0 bridgehead atoms. The van der Waals surface area contributed by atoms with Gasteiger partial charge in [0.15, 0.2) is 0 Å². The number of hydrogen-bond donors (Lipinski definition) is 0. The van der Waals surface area contributed by atoms with Gasteiger partial charge in [-0.2, -0.15) is 4.37 Å². The summed E-state index contributed by atoms with van der Waals surface area (Å²) in [6.07, 6.45) is 3.36. The molecule has 0 unspecified atom stereocenters. The zero-order valence-electron chi connectivity index (χ0n) is 14.7. The third-order valence-electron chi connectivity index (χ3n) is 5.17. The Morgan fingerprint density at radius 3 is 2.52 bits per heavy atom. The normalized spacial score (nSPS) is 17.1. The van der Waals surface area contributed by atoms with Gasteiger partial charge in [-0.15, -0.1) is 11.3 Å². The van der Waals surface area contributed by atoms with Crippen molar-refractivity contribution in [1.82, 2.24) is 4.37 Å². The van der Waals surface area contributed by atoms with Crippen LogP contribution in [0.2, 0.25) is 0 Å². The molecule has 0 radical (unpaired) electrons. The Hall–Kier alpha value is -2.51. The van der Waals surface area contributed by atoms with Crippen LogP contribution in [0.5, 0.6) is 5.75 Å². The van der Waals surface area contributed by atoms with Crippen LogP contribution in [0.25, 0.3) is 20.7 Å². The molecule has 27 heavy (non-hydrogen) atoms. The lowest BCUT2D eigenvalue weighted by atomic mass is 9.93. The van der Waals surface area contributed by atoms with Crippen molar-refractivity contribution in [3.8, 4) is 16.3 Å². The van der Waals surface area contributed by atoms with Gasteiger partial charge >= 0.3 is 0 Å². The zero-order chi connectivity index (χ0) is 18.5. The van der Waals surface area contributed by atoms with E-state index in [9.17, 15) is 9.59 Å². The van der Waals surface area contributed by atoms with E-state index in [1.54, 1.807) is 18.4 Å². The van der Waals surface area contributed by atoms with Gasteiger partial charge < -0.3 is 4.74 Å². The second-order valence-corrected chi connectivity index (χ2v) is 8.36. The average molecular weight is 396 g/mol. The molecule has 7 heteroatoms. The predicted octanol–water partition coefficient (Wildman–Crippen LogP) is 4.78. The fourth-order valence-corrected chi connectivity index (χ4v) is 5.52. The number of aromatic nitrogens is 1. The van der Waals surface area contributed by atoms with E-state index in [-0.39, 0.29) is 11.8 Å². The maximum absolute atomic E-state index is 12.9. The quantitative estimate of drug-likeness (QED) is 0.598. The number of hydrogen-bond acceptors (Lipinski definition) is 6. The van der Waals surface area contributed by atoms with Crippen molar-refractivity contribution in [3.05, 3.63) is 40.8 Å². The van der Waals surface area contributed by atoms with Gasteiger partial charge in [0.2, 0.25) is 0 Å². The first-order valence-electron chi connectivity index (χ1n) is 8.81. The Balaban J connectivity index is 1.61. The average Bonchev–Trinajstić information content (AvgIpc) is 3.38. The third kappa shape index (κ3) is 2.45. The summed E-state index contributed by atoms with van der Waals surface area (Å²) < 4.78 is 11.0. The molecule has 1 aromatic carbocycles. The molecule has 5 rings (SSSR count). The first kappa shape index (κ1) is 16.6. The molecule has 1 aliphatic heterocycles. The molecule has 0 saturated carbocycles. The Bertz CT molecular complexity index is 1100. The minimum Gasteiger partial charge on any atom is -0.495 e. The molecule has 136 valence electrons. The van der Waals surface area contributed by atoms with E-state index in [1.807, 2.05) is 29.6 Å². The number of fused-ring (bicyclic) bond motifs is 1. The summed E-state index contributed by atoms with van der Waals surface area (Å²) in [5, 5.41) is 2.90. The largest absolute Gasteiger partial charge is 0.495 e. The van der Waals surface area contributed by atoms with Gasteiger partial charge in [0.05, 0.1) is 22.4 Å². The highest BCUT2D eigenvalue weighted by Gasteiger charge is 2.39. The van der Waals surface area contributed by atoms with E-state index in [1.165, 1.54) is 16.4 Å². The fourth-order valence-electron chi connectivity index (χ4n) is 3.83. The summed E-state index contributed by atoms with van der Waals surface area (Å²) in [7, 11) is 1.64. The predicted molar refractivity (Wildman–Crippen MR) is 107 cm³/mol. The van der Waals surface area contributed by atoms with E-state index >= 15 is 0 Å². The molecular formula is C20H16N2O3S2. The minimum atomic E-state index is -0.160. The summed E-state index contributed by atoms with van der Waals surface area (Å²) in [6, 6.07) is 7.59. The molecule has 2 aliphatic rings. The lowest BCUT2D eigenvalue weighted by molar-refractivity contribution is -0.120. The second-order valence-electron chi connectivity index (χ2n) is 6.64. The zero-order valence-corrected chi connectivity index (χ0v) is 16.3. The summed E-state index contributed by atoms with van der Waals surface area (Å²) in [5.74, 6) is 0.461. The van der Waals surface area contributed by atoms with Crippen LogP contribution in [0, 0.1) is 0 Å². The van der Waals surface area contributed by atoms with Gasteiger partial charge in [0, 0.05) is 16.5 Å². The maximum atomic E-state index is 12.9. The van der Waals surface area contributed by atoms with Crippen LogP contribution in [-0.4, -0.2) is 23.3 Å². The van der Waals surface area contributed by atoms with Gasteiger partial charge in [0.1, 0.15) is 11.4 Å². The number of ether oxygens (including phenoxy) is 1. The number of rotatable bonds is 3. The Morgan fingerprint density at radius 2 is 1.81 bits per heavy atom. The van der Waals surface area contributed by atoms with Crippen LogP contribution in [0.1, 0.15) is 25.7 Å². The molecule has 0 atom stereocenters. The van der Waals surface area contributed by atoms with Crippen molar-refractivity contribution < 1.29 is 14.3 Å². The van der Waals surface area contributed by atoms with Crippen molar-refractivity contribution in [1.29, 1.82) is 0 Å². The van der Waals surface area contributed by atoms with E-state index in [0.717, 1.165) is 39.2 Å². The molecule has 3 heterocycles. The molecule has 2 amide bonds. The van der Waals surface area contributed by atoms with Crippen LogP contribution in [0.4, 0.5) is 5.69 Å². The van der Waals surface area contributed by atoms with Crippen LogP contribution < -0.4 is 9.64 Å². The van der Waals surface area contributed by atoms with Crippen LogP contribution >= 0.6 is 22.9 Å². The van der Waals surface area contributed by atoms with Crippen LogP contribution in [-0.2, 0) is 9.59 Å². The van der Waals surface area contributed by atoms with Crippen molar-refractivity contribution >= 4 is 50.5 Å². The molecule has 3 aromatic rings. The number of anilines is 1. The fraction of sp³-hybridized carbons (Fsp3) is 0.250. The first-order valence-corrected chi connectivity index (χ1v) is 10.5. The lowest BCUT2D eigenvalue weighted by Crippen LogP contribution is -2.31. The first-order chi connectivity index (χ1) is 13.2. The highest BCUT2D eigenvalue weighted by Crippen LogP contribution is 2.42. The molecule has 5 nitrogen and oxygen atoms in total. The molecule has 0 spiro atoms. The van der Waals surface area contributed by atoms with Gasteiger partial charge in [-0.25, -0.2) is 4.90 Å².